The van der Waals surface area contributed by atoms with Gasteiger partial charge >= 0.3 is 0 Å². The highest BCUT2D eigenvalue weighted by Gasteiger charge is 2.27. The molecule has 0 unspecified atom stereocenters. The van der Waals surface area contributed by atoms with Crippen molar-refractivity contribution in [2.75, 3.05) is 18.4 Å². The first-order chi connectivity index (χ1) is 11.5. The molecule has 7 heteroatoms. The van der Waals surface area contributed by atoms with E-state index in [2.05, 4.69) is 27.9 Å². The highest BCUT2D eigenvalue weighted by molar-refractivity contribution is 14.1. The molecule has 0 aliphatic carbocycles. The van der Waals surface area contributed by atoms with E-state index in [0.717, 1.165) is 22.1 Å². The number of halogens is 1. The summed E-state index contributed by atoms with van der Waals surface area (Å²) in [5.41, 5.74) is 1.16. The summed E-state index contributed by atoms with van der Waals surface area (Å²) >= 11 is 2.15. The highest BCUT2D eigenvalue weighted by atomic mass is 127. The molecule has 0 atom stereocenters. The number of carbonyl (C=O) groups is 1. The molecule has 1 fully saturated rings. The first-order valence-corrected chi connectivity index (χ1v) is 10.2. The van der Waals surface area contributed by atoms with Crippen molar-refractivity contribution in [3.8, 4) is 0 Å². The highest BCUT2D eigenvalue weighted by Crippen LogP contribution is 2.22. The Balaban J connectivity index is 1.77. The molecule has 1 saturated heterocycles. The standard InChI is InChI=1S/C17H17IN2O3S/c18-15-5-1-2-6-16(15)19-17(21)13-7-9-14(10-8-13)24(22,23)20-11-3-4-12-20/h1-2,5-10H,3-4,11-12H2,(H,19,21). The second-order valence-corrected chi connectivity index (χ2v) is 8.67. The van der Waals surface area contributed by atoms with Gasteiger partial charge < -0.3 is 5.32 Å². The van der Waals surface area contributed by atoms with E-state index in [4.69, 9.17) is 0 Å². The maximum Gasteiger partial charge on any atom is 0.255 e. The summed E-state index contributed by atoms with van der Waals surface area (Å²) in [7, 11) is -3.45. The third-order valence-electron chi connectivity index (χ3n) is 3.94. The van der Waals surface area contributed by atoms with Gasteiger partial charge in [-0.25, -0.2) is 8.42 Å². The van der Waals surface area contributed by atoms with E-state index in [9.17, 15) is 13.2 Å². The molecule has 0 aromatic heterocycles. The van der Waals surface area contributed by atoms with Crippen LogP contribution in [0.4, 0.5) is 5.69 Å². The van der Waals surface area contributed by atoms with Crippen LogP contribution in [-0.2, 0) is 10.0 Å². The van der Waals surface area contributed by atoms with Crippen molar-refractivity contribution in [1.29, 1.82) is 0 Å². The first-order valence-electron chi connectivity index (χ1n) is 7.64. The molecule has 0 radical (unpaired) electrons. The molecule has 1 aliphatic heterocycles. The fourth-order valence-electron chi connectivity index (χ4n) is 2.61. The molecule has 2 aromatic carbocycles. The lowest BCUT2D eigenvalue weighted by atomic mass is 10.2. The number of benzene rings is 2. The molecule has 0 saturated carbocycles. The summed E-state index contributed by atoms with van der Waals surface area (Å²) in [5, 5.41) is 2.83. The maximum absolute atomic E-state index is 12.5. The average Bonchev–Trinajstić information content (AvgIpc) is 3.12. The molecule has 1 heterocycles. The number of nitrogens with one attached hydrogen (secondary N) is 1. The van der Waals surface area contributed by atoms with E-state index in [1.54, 1.807) is 12.1 Å². The minimum atomic E-state index is -3.45. The van der Waals surface area contributed by atoms with Crippen molar-refractivity contribution in [3.05, 3.63) is 57.7 Å². The van der Waals surface area contributed by atoms with Gasteiger partial charge in [0.2, 0.25) is 10.0 Å². The Hall–Kier alpha value is -1.45. The second-order valence-electron chi connectivity index (χ2n) is 5.57. The molecule has 1 aliphatic rings. The van der Waals surface area contributed by atoms with Crippen LogP contribution in [0.25, 0.3) is 0 Å². The van der Waals surface area contributed by atoms with Crippen LogP contribution in [-0.4, -0.2) is 31.7 Å². The SMILES string of the molecule is O=C(Nc1ccccc1I)c1ccc(S(=O)(=O)N2CCCC2)cc1. The Labute approximate surface area is 155 Å². The van der Waals surface area contributed by atoms with Crippen molar-refractivity contribution < 1.29 is 13.2 Å². The molecule has 0 bridgehead atoms. The summed E-state index contributed by atoms with van der Waals surface area (Å²) in [6.45, 7) is 1.13. The van der Waals surface area contributed by atoms with Crippen LogP contribution in [0.2, 0.25) is 0 Å². The number of nitrogens with zero attached hydrogens (tertiary/aromatic N) is 1. The van der Waals surface area contributed by atoms with E-state index in [1.165, 1.54) is 16.4 Å². The minimum absolute atomic E-state index is 0.232. The average molecular weight is 456 g/mol. The number of hydrogen-bond donors (Lipinski definition) is 1. The maximum atomic E-state index is 12.5. The quantitative estimate of drug-likeness (QED) is 0.718. The number of anilines is 1. The van der Waals surface area contributed by atoms with Gasteiger partial charge in [-0.1, -0.05) is 12.1 Å². The lowest BCUT2D eigenvalue weighted by Gasteiger charge is -2.15. The molecule has 1 N–H and O–H groups in total. The van der Waals surface area contributed by atoms with Gasteiger partial charge in [-0.3, -0.25) is 4.79 Å². The van der Waals surface area contributed by atoms with Gasteiger partial charge in [0.25, 0.3) is 5.91 Å². The van der Waals surface area contributed by atoms with Gasteiger partial charge in [0.1, 0.15) is 0 Å². The summed E-state index contributed by atoms with van der Waals surface area (Å²) in [5.74, 6) is -0.260. The Morgan fingerprint density at radius 3 is 2.25 bits per heavy atom. The van der Waals surface area contributed by atoms with Crippen LogP contribution in [0.1, 0.15) is 23.2 Å². The van der Waals surface area contributed by atoms with Crippen molar-refractivity contribution in [1.82, 2.24) is 4.31 Å². The van der Waals surface area contributed by atoms with Crippen LogP contribution in [0, 0.1) is 3.57 Å². The number of rotatable bonds is 4. The zero-order valence-electron chi connectivity index (χ0n) is 12.9. The summed E-state index contributed by atoms with van der Waals surface area (Å²) in [6.07, 6.45) is 1.80. The van der Waals surface area contributed by atoms with Gasteiger partial charge in [-0.2, -0.15) is 4.31 Å². The van der Waals surface area contributed by atoms with Gasteiger partial charge in [0.05, 0.1) is 10.6 Å². The van der Waals surface area contributed by atoms with Crippen molar-refractivity contribution in [2.45, 2.75) is 17.7 Å². The second kappa shape index (κ2) is 7.20. The zero-order chi connectivity index (χ0) is 17.2. The lowest BCUT2D eigenvalue weighted by molar-refractivity contribution is 0.102. The van der Waals surface area contributed by atoms with Crippen LogP contribution in [0.15, 0.2) is 53.4 Å². The smallest absolute Gasteiger partial charge is 0.255 e. The summed E-state index contributed by atoms with van der Waals surface area (Å²) in [4.78, 5) is 12.5. The normalized spacial score (nSPS) is 15.4. The molecule has 3 rings (SSSR count). The zero-order valence-corrected chi connectivity index (χ0v) is 15.9. The number of amides is 1. The molecule has 1 amide bonds. The first kappa shape index (κ1) is 17.4. The minimum Gasteiger partial charge on any atom is -0.321 e. The van der Waals surface area contributed by atoms with Crippen LogP contribution < -0.4 is 5.32 Å². The van der Waals surface area contributed by atoms with E-state index in [0.29, 0.717) is 18.7 Å². The van der Waals surface area contributed by atoms with Gasteiger partial charge in [0.15, 0.2) is 0 Å². The Morgan fingerprint density at radius 1 is 1.00 bits per heavy atom. The fraction of sp³-hybridized carbons (Fsp3) is 0.235. The predicted molar refractivity (Wildman–Crippen MR) is 102 cm³/mol. The Bertz CT molecular complexity index is 844. The topological polar surface area (TPSA) is 66.5 Å². The van der Waals surface area contributed by atoms with Gasteiger partial charge in [0, 0.05) is 22.2 Å². The van der Waals surface area contributed by atoms with Crippen molar-refractivity contribution in [2.24, 2.45) is 0 Å². The monoisotopic (exact) mass is 456 g/mol. The molecule has 2 aromatic rings. The predicted octanol–water partition coefficient (Wildman–Crippen LogP) is 3.33. The van der Waals surface area contributed by atoms with Crippen molar-refractivity contribution in [3.63, 3.8) is 0 Å². The Kier molecular flexibility index (Phi) is 5.21. The number of sulfonamides is 1. The molecule has 0 spiro atoms. The molecule has 5 nitrogen and oxygen atoms in total. The van der Waals surface area contributed by atoms with Crippen LogP contribution in [0.5, 0.6) is 0 Å². The van der Waals surface area contributed by atoms with E-state index in [1.807, 2.05) is 24.3 Å². The molecular weight excluding hydrogens is 439 g/mol. The number of carbonyl (C=O) groups excluding carboxylic acids is 1. The van der Waals surface area contributed by atoms with Crippen LogP contribution >= 0.6 is 22.6 Å². The number of hydrogen-bond acceptors (Lipinski definition) is 3. The third-order valence-corrected chi connectivity index (χ3v) is 6.79. The van der Waals surface area contributed by atoms with Gasteiger partial charge in [-0.15, -0.1) is 0 Å². The Morgan fingerprint density at radius 2 is 1.62 bits per heavy atom. The molecular formula is C17H17IN2O3S. The van der Waals surface area contributed by atoms with Gasteiger partial charge in [-0.05, 0) is 71.8 Å². The largest absolute Gasteiger partial charge is 0.321 e. The third kappa shape index (κ3) is 3.62. The fourth-order valence-corrected chi connectivity index (χ4v) is 4.65. The summed E-state index contributed by atoms with van der Waals surface area (Å²) in [6, 6.07) is 13.6. The lowest BCUT2D eigenvalue weighted by Crippen LogP contribution is -2.27. The molecule has 24 heavy (non-hydrogen) atoms. The summed E-state index contributed by atoms with van der Waals surface area (Å²) < 4.78 is 27.4. The molecule has 126 valence electrons. The number of para-hydroxylation sites is 1. The van der Waals surface area contributed by atoms with E-state index < -0.39 is 10.0 Å². The van der Waals surface area contributed by atoms with Crippen molar-refractivity contribution >= 4 is 44.2 Å². The van der Waals surface area contributed by atoms with E-state index in [-0.39, 0.29) is 10.8 Å². The van der Waals surface area contributed by atoms with E-state index >= 15 is 0 Å². The van der Waals surface area contributed by atoms with Crippen LogP contribution in [0.3, 0.4) is 0 Å².